The van der Waals surface area contributed by atoms with Gasteiger partial charge in [-0.15, -0.1) is 0 Å². The summed E-state index contributed by atoms with van der Waals surface area (Å²) in [6.07, 6.45) is 0.757. The van der Waals surface area contributed by atoms with Crippen LogP contribution in [0.15, 0.2) is 59.1 Å². The Morgan fingerprint density at radius 1 is 0.885 bits per heavy atom. The minimum Gasteiger partial charge on any atom is -0.484 e. The topological polar surface area (TPSA) is 49.9 Å². The van der Waals surface area contributed by atoms with Crippen molar-refractivity contribution in [3.8, 4) is 5.75 Å². The van der Waals surface area contributed by atoms with Crippen molar-refractivity contribution >= 4 is 27.7 Å². The summed E-state index contributed by atoms with van der Waals surface area (Å²) in [7, 11) is 0. The Morgan fingerprint density at radius 3 is 2.31 bits per heavy atom. The number of amides is 2. The number of ether oxygens (including phenoxy) is 1. The molecule has 0 bridgehead atoms. The second kappa shape index (κ2) is 8.85. The molecule has 0 unspecified atom stereocenters. The number of hydrogen-bond acceptors (Lipinski definition) is 3. The molecule has 0 atom stereocenters. The Kier molecular flexibility index (Phi) is 6.28. The van der Waals surface area contributed by atoms with Crippen molar-refractivity contribution in [2.24, 2.45) is 0 Å². The average Bonchev–Trinajstić information content (AvgIpc) is 2.93. The van der Waals surface area contributed by atoms with Crippen LogP contribution in [0.5, 0.6) is 5.75 Å². The van der Waals surface area contributed by atoms with Crippen LogP contribution in [0.1, 0.15) is 16.8 Å². The van der Waals surface area contributed by atoms with Gasteiger partial charge in [-0.1, -0.05) is 30.3 Å². The number of halogens is 1. The van der Waals surface area contributed by atoms with E-state index in [4.69, 9.17) is 4.74 Å². The third-order valence-corrected chi connectivity index (χ3v) is 5.04. The Balaban J connectivity index is 1.55. The normalized spacial score (nSPS) is 14.7. The SMILES string of the molecule is O=C(COc1ccccc1)N1CCCN(C(=O)c2ccccc2Br)CC1. The zero-order chi connectivity index (χ0) is 18.4. The maximum Gasteiger partial charge on any atom is 0.260 e. The van der Waals surface area contributed by atoms with E-state index < -0.39 is 0 Å². The molecular weight excluding hydrogens is 396 g/mol. The minimum atomic E-state index is -0.0518. The molecule has 1 fully saturated rings. The van der Waals surface area contributed by atoms with Gasteiger partial charge < -0.3 is 14.5 Å². The monoisotopic (exact) mass is 416 g/mol. The first-order chi connectivity index (χ1) is 12.6. The highest BCUT2D eigenvalue weighted by molar-refractivity contribution is 9.10. The quantitative estimate of drug-likeness (QED) is 0.768. The van der Waals surface area contributed by atoms with Gasteiger partial charge in [-0.3, -0.25) is 9.59 Å². The summed E-state index contributed by atoms with van der Waals surface area (Å²) in [5, 5.41) is 0. The van der Waals surface area contributed by atoms with Crippen molar-refractivity contribution < 1.29 is 14.3 Å². The number of nitrogens with zero attached hydrogens (tertiary/aromatic N) is 2. The summed E-state index contributed by atoms with van der Waals surface area (Å²) in [5.41, 5.74) is 0.652. The second-order valence-corrected chi connectivity index (χ2v) is 6.96. The molecule has 2 amide bonds. The summed E-state index contributed by atoms with van der Waals surface area (Å²) < 4.78 is 6.33. The van der Waals surface area contributed by atoms with Gasteiger partial charge in [0.15, 0.2) is 6.61 Å². The molecule has 5 nitrogen and oxygen atoms in total. The summed E-state index contributed by atoms with van der Waals surface area (Å²) in [6, 6.07) is 16.7. The lowest BCUT2D eigenvalue weighted by molar-refractivity contribution is -0.133. The number of carbonyl (C=O) groups is 2. The first-order valence-electron chi connectivity index (χ1n) is 8.64. The van der Waals surface area contributed by atoms with Crippen LogP contribution in [0, 0.1) is 0 Å². The highest BCUT2D eigenvalue weighted by Crippen LogP contribution is 2.19. The van der Waals surface area contributed by atoms with Crippen molar-refractivity contribution in [3.63, 3.8) is 0 Å². The molecule has 3 rings (SSSR count). The Hall–Kier alpha value is -2.34. The summed E-state index contributed by atoms with van der Waals surface area (Å²) in [5.74, 6) is 0.623. The van der Waals surface area contributed by atoms with Crippen molar-refractivity contribution in [2.75, 3.05) is 32.8 Å². The van der Waals surface area contributed by atoms with Gasteiger partial charge in [0.1, 0.15) is 5.75 Å². The lowest BCUT2D eigenvalue weighted by Gasteiger charge is -2.22. The molecule has 26 heavy (non-hydrogen) atoms. The molecule has 1 saturated heterocycles. The van der Waals surface area contributed by atoms with Gasteiger partial charge in [0.25, 0.3) is 11.8 Å². The maximum atomic E-state index is 12.7. The molecule has 6 heteroatoms. The fourth-order valence-electron chi connectivity index (χ4n) is 2.93. The zero-order valence-corrected chi connectivity index (χ0v) is 16.0. The number of carbonyl (C=O) groups excluding carboxylic acids is 2. The van der Waals surface area contributed by atoms with E-state index in [1.165, 1.54) is 0 Å². The Bertz CT molecular complexity index is 767. The van der Waals surface area contributed by atoms with Crippen molar-refractivity contribution in [2.45, 2.75) is 6.42 Å². The predicted molar refractivity (Wildman–Crippen MR) is 103 cm³/mol. The van der Waals surface area contributed by atoms with Crippen LogP contribution < -0.4 is 4.74 Å². The standard InChI is InChI=1S/C20H21BrN2O3/c21-18-10-5-4-9-17(18)20(25)23-12-6-11-22(13-14-23)19(24)15-26-16-7-2-1-3-8-16/h1-5,7-10H,6,11-15H2. The van der Waals surface area contributed by atoms with E-state index >= 15 is 0 Å². The van der Waals surface area contributed by atoms with Gasteiger partial charge in [0.2, 0.25) is 0 Å². The molecular formula is C20H21BrN2O3. The summed E-state index contributed by atoms with van der Waals surface area (Å²) in [6.45, 7) is 2.34. The van der Waals surface area contributed by atoms with Crippen LogP contribution in [-0.2, 0) is 4.79 Å². The lowest BCUT2D eigenvalue weighted by Crippen LogP contribution is -2.39. The van der Waals surface area contributed by atoms with Crippen LogP contribution in [0.25, 0.3) is 0 Å². The fraction of sp³-hybridized carbons (Fsp3) is 0.300. The van der Waals surface area contributed by atoms with E-state index in [0.29, 0.717) is 37.5 Å². The van der Waals surface area contributed by atoms with Crippen molar-refractivity contribution in [1.82, 2.24) is 9.80 Å². The first kappa shape index (κ1) is 18.5. The highest BCUT2D eigenvalue weighted by atomic mass is 79.9. The number of benzene rings is 2. The van der Waals surface area contributed by atoms with E-state index in [1.807, 2.05) is 59.5 Å². The molecule has 136 valence electrons. The first-order valence-corrected chi connectivity index (χ1v) is 9.44. The molecule has 0 N–H and O–H groups in total. The van der Waals surface area contributed by atoms with E-state index in [9.17, 15) is 9.59 Å². The van der Waals surface area contributed by atoms with Crippen LogP contribution in [0.2, 0.25) is 0 Å². The molecule has 2 aromatic carbocycles. The van der Waals surface area contributed by atoms with Crippen LogP contribution in [0.4, 0.5) is 0 Å². The second-order valence-electron chi connectivity index (χ2n) is 6.11. The molecule has 0 spiro atoms. The molecule has 1 heterocycles. The van der Waals surface area contributed by atoms with Gasteiger partial charge in [-0.2, -0.15) is 0 Å². The summed E-state index contributed by atoms with van der Waals surface area (Å²) >= 11 is 3.43. The number of rotatable bonds is 4. The zero-order valence-electron chi connectivity index (χ0n) is 14.4. The van der Waals surface area contributed by atoms with Crippen LogP contribution >= 0.6 is 15.9 Å². The van der Waals surface area contributed by atoms with E-state index in [-0.39, 0.29) is 18.4 Å². The van der Waals surface area contributed by atoms with E-state index in [2.05, 4.69) is 15.9 Å². The van der Waals surface area contributed by atoms with E-state index in [0.717, 1.165) is 10.9 Å². The van der Waals surface area contributed by atoms with Gasteiger partial charge >= 0.3 is 0 Å². The molecule has 0 saturated carbocycles. The molecule has 1 aliphatic heterocycles. The number of para-hydroxylation sites is 1. The molecule has 0 aliphatic carbocycles. The molecule has 0 aromatic heterocycles. The van der Waals surface area contributed by atoms with E-state index in [1.54, 1.807) is 4.90 Å². The van der Waals surface area contributed by atoms with Crippen molar-refractivity contribution in [1.29, 1.82) is 0 Å². The smallest absolute Gasteiger partial charge is 0.260 e. The minimum absolute atomic E-state index is 0.00712. The van der Waals surface area contributed by atoms with Crippen LogP contribution in [0.3, 0.4) is 0 Å². The number of hydrogen-bond donors (Lipinski definition) is 0. The highest BCUT2D eigenvalue weighted by Gasteiger charge is 2.23. The third-order valence-electron chi connectivity index (χ3n) is 4.35. The molecule has 2 aromatic rings. The van der Waals surface area contributed by atoms with Gasteiger partial charge in [-0.25, -0.2) is 0 Å². The largest absolute Gasteiger partial charge is 0.484 e. The third kappa shape index (κ3) is 4.64. The Labute approximate surface area is 161 Å². The van der Waals surface area contributed by atoms with Gasteiger partial charge in [-0.05, 0) is 46.6 Å². The average molecular weight is 417 g/mol. The van der Waals surface area contributed by atoms with Crippen LogP contribution in [-0.4, -0.2) is 54.4 Å². The Morgan fingerprint density at radius 2 is 1.54 bits per heavy atom. The fourth-order valence-corrected chi connectivity index (χ4v) is 3.38. The lowest BCUT2D eigenvalue weighted by atomic mass is 10.2. The summed E-state index contributed by atoms with van der Waals surface area (Å²) in [4.78, 5) is 28.7. The molecule has 1 aliphatic rings. The van der Waals surface area contributed by atoms with Gasteiger partial charge in [0.05, 0.1) is 5.56 Å². The maximum absolute atomic E-state index is 12.7. The predicted octanol–water partition coefficient (Wildman–Crippen LogP) is 3.20. The van der Waals surface area contributed by atoms with Gasteiger partial charge in [0, 0.05) is 30.7 Å². The van der Waals surface area contributed by atoms with Crippen molar-refractivity contribution in [3.05, 3.63) is 64.6 Å². The molecule has 0 radical (unpaired) electrons.